The smallest absolute Gasteiger partial charge is 0.407 e. The Labute approximate surface area is 110 Å². The van der Waals surface area contributed by atoms with Crippen LogP contribution in [0, 0.1) is 0 Å². The van der Waals surface area contributed by atoms with E-state index in [1.807, 2.05) is 0 Å². The molecular formula is C12H16BrNO2. The Hall–Kier alpha value is -1.03. The third-order valence-electron chi connectivity index (χ3n) is 1.45. The summed E-state index contributed by atoms with van der Waals surface area (Å²) < 4.78 is 36.1. The SMILES string of the molecule is [2H]c1c([2H])c(CNC(=O)OC(C)(C)C)c([2H])c([2H])c1Br. The van der Waals surface area contributed by atoms with Gasteiger partial charge in [-0.05, 0) is 38.4 Å². The Kier molecular flexibility index (Phi) is 2.71. The summed E-state index contributed by atoms with van der Waals surface area (Å²) in [6, 6.07) is -0.721. The van der Waals surface area contributed by atoms with Gasteiger partial charge in [0.05, 0.1) is 5.48 Å². The fourth-order valence-corrected chi connectivity index (χ4v) is 1.08. The number of rotatable bonds is 2. The Morgan fingerprint density at radius 1 is 1.44 bits per heavy atom. The van der Waals surface area contributed by atoms with Gasteiger partial charge in [0.25, 0.3) is 0 Å². The van der Waals surface area contributed by atoms with E-state index in [1.165, 1.54) is 0 Å². The number of carbonyl (C=O) groups excluding carboxylic acids is 1. The van der Waals surface area contributed by atoms with E-state index in [9.17, 15) is 4.79 Å². The maximum Gasteiger partial charge on any atom is 0.407 e. The van der Waals surface area contributed by atoms with Crippen LogP contribution in [0.2, 0.25) is 0 Å². The molecule has 0 unspecified atom stereocenters. The summed E-state index contributed by atoms with van der Waals surface area (Å²) in [6.07, 6.45) is -0.669. The van der Waals surface area contributed by atoms with Gasteiger partial charge in [-0.1, -0.05) is 28.0 Å². The van der Waals surface area contributed by atoms with Gasteiger partial charge in [-0.15, -0.1) is 0 Å². The second-order valence-corrected chi connectivity index (χ2v) is 4.94. The van der Waals surface area contributed by atoms with Crippen molar-refractivity contribution in [2.24, 2.45) is 0 Å². The Morgan fingerprint density at radius 2 is 2.00 bits per heavy atom. The Bertz CT molecular complexity index is 514. The van der Waals surface area contributed by atoms with Crippen LogP contribution in [0.4, 0.5) is 4.79 Å². The molecule has 0 aromatic heterocycles. The highest BCUT2D eigenvalue weighted by atomic mass is 79.9. The molecule has 16 heavy (non-hydrogen) atoms. The topological polar surface area (TPSA) is 38.3 Å². The zero-order chi connectivity index (χ0) is 15.7. The van der Waals surface area contributed by atoms with E-state index in [-0.39, 0.29) is 40.8 Å². The number of amides is 1. The van der Waals surface area contributed by atoms with Crippen molar-refractivity contribution in [1.82, 2.24) is 5.32 Å². The molecule has 0 bridgehead atoms. The monoisotopic (exact) mass is 289 g/mol. The highest BCUT2D eigenvalue weighted by Crippen LogP contribution is 2.11. The van der Waals surface area contributed by atoms with Crippen LogP contribution >= 0.6 is 15.9 Å². The minimum Gasteiger partial charge on any atom is -0.444 e. The largest absolute Gasteiger partial charge is 0.444 e. The van der Waals surface area contributed by atoms with E-state index < -0.39 is 11.7 Å². The third kappa shape index (κ3) is 5.16. The van der Waals surface area contributed by atoms with Gasteiger partial charge in [-0.3, -0.25) is 0 Å². The lowest BCUT2D eigenvalue weighted by atomic mass is 10.2. The Morgan fingerprint density at radius 3 is 2.50 bits per heavy atom. The number of hydrogen-bond donors (Lipinski definition) is 1. The third-order valence-corrected chi connectivity index (χ3v) is 1.85. The maximum absolute atomic E-state index is 11.5. The normalized spacial score (nSPS) is 14.5. The van der Waals surface area contributed by atoms with E-state index in [4.69, 9.17) is 10.2 Å². The number of hydrogen-bond acceptors (Lipinski definition) is 2. The molecule has 1 N–H and O–H groups in total. The van der Waals surface area contributed by atoms with Crippen LogP contribution in [0.15, 0.2) is 28.6 Å². The number of ether oxygens (including phenoxy) is 1. The van der Waals surface area contributed by atoms with Crippen molar-refractivity contribution in [3.63, 3.8) is 0 Å². The summed E-state index contributed by atoms with van der Waals surface area (Å²) in [4.78, 5) is 11.5. The summed E-state index contributed by atoms with van der Waals surface area (Å²) in [7, 11) is 0. The van der Waals surface area contributed by atoms with Crippen LogP contribution in [0.25, 0.3) is 0 Å². The number of alkyl carbamates (subject to hydrolysis) is 1. The van der Waals surface area contributed by atoms with Crippen LogP contribution < -0.4 is 5.32 Å². The number of carbonyl (C=O) groups is 1. The summed E-state index contributed by atoms with van der Waals surface area (Å²) in [5.41, 5.74) is -0.521. The molecule has 3 nitrogen and oxygen atoms in total. The average molecular weight is 290 g/mol. The van der Waals surface area contributed by atoms with Crippen molar-refractivity contribution in [3.8, 4) is 0 Å². The van der Waals surface area contributed by atoms with E-state index in [1.54, 1.807) is 20.8 Å². The molecule has 1 aromatic carbocycles. The molecule has 0 aliphatic rings. The fraction of sp³-hybridized carbons (Fsp3) is 0.417. The zero-order valence-corrected chi connectivity index (χ0v) is 11.0. The zero-order valence-electron chi connectivity index (χ0n) is 13.4. The summed E-state index contributed by atoms with van der Waals surface area (Å²) in [6.45, 7) is 5.04. The van der Waals surface area contributed by atoms with Gasteiger partial charge in [0.15, 0.2) is 0 Å². The molecular weight excluding hydrogens is 270 g/mol. The van der Waals surface area contributed by atoms with E-state index in [0.29, 0.717) is 0 Å². The highest BCUT2D eigenvalue weighted by molar-refractivity contribution is 9.10. The molecule has 1 aromatic rings. The van der Waals surface area contributed by atoms with Crippen molar-refractivity contribution in [2.75, 3.05) is 0 Å². The van der Waals surface area contributed by atoms with Crippen LogP contribution in [0.5, 0.6) is 0 Å². The van der Waals surface area contributed by atoms with Crippen molar-refractivity contribution in [1.29, 1.82) is 0 Å². The number of halogens is 1. The lowest BCUT2D eigenvalue weighted by molar-refractivity contribution is 0.0523. The molecule has 0 atom stereocenters. The quantitative estimate of drug-likeness (QED) is 0.905. The van der Waals surface area contributed by atoms with E-state index in [2.05, 4.69) is 21.2 Å². The van der Waals surface area contributed by atoms with E-state index in [0.717, 1.165) is 0 Å². The summed E-state index contributed by atoms with van der Waals surface area (Å²) in [5.74, 6) is 0. The van der Waals surface area contributed by atoms with Crippen LogP contribution in [0.1, 0.15) is 31.8 Å². The first-order valence-corrected chi connectivity index (χ1v) is 5.55. The van der Waals surface area contributed by atoms with E-state index >= 15 is 0 Å². The summed E-state index contributed by atoms with van der Waals surface area (Å²) >= 11 is 3.01. The molecule has 0 saturated heterocycles. The molecule has 0 radical (unpaired) electrons. The maximum atomic E-state index is 11.5. The standard InChI is InChI=1S/C12H16BrNO2/c1-12(2,3)16-11(15)14-8-9-4-6-10(13)7-5-9/h4-7H,8H2,1-3H3,(H,14,15)/i4D,5D,6D,7D. The fourth-order valence-electron chi connectivity index (χ4n) is 0.886. The second-order valence-electron chi connectivity index (χ2n) is 4.15. The van der Waals surface area contributed by atoms with Gasteiger partial charge < -0.3 is 10.1 Å². The minimum absolute atomic E-state index is 0.105. The lowest BCUT2D eigenvalue weighted by Gasteiger charge is -2.19. The molecule has 0 aliphatic heterocycles. The predicted molar refractivity (Wildman–Crippen MR) is 67.2 cm³/mol. The number of benzene rings is 1. The van der Waals surface area contributed by atoms with Gasteiger partial charge in [-0.2, -0.15) is 0 Å². The van der Waals surface area contributed by atoms with Crippen molar-refractivity contribution in [2.45, 2.75) is 32.9 Å². The van der Waals surface area contributed by atoms with Crippen molar-refractivity contribution >= 4 is 22.0 Å². The first-order chi connectivity index (χ1) is 9.04. The first kappa shape index (κ1) is 8.12. The first-order valence-electron chi connectivity index (χ1n) is 6.76. The molecule has 88 valence electrons. The van der Waals surface area contributed by atoms with Gasteiger partial charge in [0, 0.05) is 11.0 Å². The average Bonchev–Trinajstić information content (AvgIpc) is 2.32. The predicted octanol–water partition coefficient (Wildman–Crippen LogP) is 3.47. The summed E-state index contributed by atoms with van der Waals surface area (Å²) in [5, 5.41) is 2.43. The molecule has 0 heterocycles. The molecule has 1 amide bonds. The lowest BCUT2D eigenvalue weighted by Crippen LogP contribution is -2.32. The van der Waals surface area contributed by atoms with Crippen LogP contribution in [0.3, 0.4) is 0 Å². The van der Waals surface area contributed by atoms with Crippen molar-refractivity contribution < 1.29 is 15.0 Å². The highest BCUT2D eigenvalue weighted by Gasteiger charge is 2.15. The van der Waals surface area contributed by atoms with Gasteiger partial charge in [0.2, 0.25) is 0 Å². The second kappa shape index (κ2) is 5.34. The Balaban J connectivity index is 2.92. The molecule has 0 fully saturated rings. The van der Waals surface area contributed by atoms with Gasteiger partial charge >= 0.3 is 6.09 Å². The van der Waals surface area contributed by atoms with Crippen LogP contribution in [-0.2, 0) is 11.3 Å². The number of nitrogens with one attached hydrogen (secondary N) is 1. The molecule has 0 aliphatic carbocycles. The molecule has 1 rings (SSSR count). The van der Waals surface area contributed by atoms with Crippen molar-refractivity contribution in [3.05, 3.63) is 34.2 Å². The molecule has 4 heteroatoms. The van der Waals surface area contributed by atoms with Gasteiger partial charge in [-0.25, -0.2) is 4.79 Å². The minimum atomic E-state index is -0.669. The molecule has 0 saturated carbocycles. The molecule has 0 spiro atoms. The van der Waals surface area contributed by atoms with Gasteiger partial charge in [0.1, 0.15) is 5.60 Å². The van der Waals surface area contributed by atoms with Crippen LogP contribution in [-0.4, -0.2) is 11.7 Å².